The summed E-state index contributed by atoms with van der Waals surface area (Å²) in [6, 6.07) is 5.28. The molecule has 0 unspecified atom stereocenters. The lowest BCUT2D eigenvalue weighted by Gasteiger charge is -2.07. The normalized spacial score (nSPS) is 10.1. The second-order valence-electron chi connectivity index (χ2n) is 3.59. The van der Waals surface area contributed by atoms with Gasteiger partial charge in [0.1, 0.15) is 11.8 Å². The van der Waals surface area contributed by atoms with Crippen molar-refractivity contribution in [2.45, 2.75) is 6.92 Å². The number of nitrogens with zero attached hydrogens (tertiary/aromatic N) is 3. The molecule has 0 aliphatic carbocycles. The predicted molar refractivity (Wildman–Crippen MR) is 65.6 cm³/mol. The van der Waals surface area contributed by atoms with E-state index in [2.05, 4.69) is 25.9 Å². The van der Waals surface area contributed by atoms with E-state index in [4.69, 9.17) is 10.00 Å². The van der Waals surface area contributed by atoms with Crippen molar-refractivity contribution in [1.29, 1.82) is 5.26 Å². The van der Waals surface area contributed by atoms with Gasteiger partial charge in [0.25, 0.3) is 0 Å². The van der Waals surface area contributed by atoms with Gasteiger partial charge >= 0.3 is 6.01 Å². The van der Waals surface area contributed by atoms with Gasteiger partial charge in [0, 0.05) is 10.2 Å². The van der Waals surface area contributed by atoms with E-state index in [0.29, 0.717) is 10.2 Å². The highest BCUT2D eigenvalue weighted by molar-refractivity contribution is 9.10. The fraction of sp³-hybridized carbons (Fsp3) is 0.0833. The molecule has 2 aromatic rings. The smallest absolute Gasteiger partial charge is 0.323 e. The van der Waals surface area contributed by atoms with Crippen LogP contribution >= 0.6 is 15.9 Å². The molecule has 0 spiro atoms. The van der Waals surface area contributed by atoms with Gasteiger partial charge in [0.15, 0.2) is 11.6 Å². The average Bonchev–Trinajstić information content (AvgIpc) is 2.34. The molecular weight excluding hydrogens is 320 g/mol. The van der Waals surface area contributed by atoms with E-state index in [-0.39, 0.29) is 17.5 Å². The van der Waals surface area contributed by atoms with E-state index in [1.807, 2.05) is 6.07 Å². The Kier molecular flexibility index (Phi) is 3.71. The second-order valence-corrected chi connectivity index (χ2v) is 4.51. The maximum atomic E-state index is 13.5. The summed E-state index contributed by atoms with van der Waals surface area (Å²) in [7, 11) is 0. The van der Waals surface area contributed by atoms with Gasteiger partial charge in [-0.1, -0.05) is 15.9 Å². The van der Waals surface area contributed by atoms with Crippen molar-refractivity contribution in [1.82, 2.24) is 9.97 Å². The summed E-state index contributed by atoms with van der Waals surface area (Å²) in [6.45, 7) is 1.63. The molecule has 0 atom stereocenters. The molecule has 1 aromatic heterocycles. The first-order valence-electron chi connectivity index (χ1n) is 5.08. The van der Waals surface area contributed by atoms with Crippen LogP contribution in [-0.2, 0) is 0 Å². The minimum Gasteiger partial charge on any atom is -0.421 e. The van der Waals surface area contributed by atoms with E-state index in [0.717, 1.165) is 6.07 Å². The van der Waals surface area contributed by atoms with Crippen molar-refractivity contribution in [2.75, 3.05) is 0 Å². The maximum absolute atomic E-state index is 13.5. The summed E-state index contributed by atoms with van der Waals surface area (Å²) in [4.78, 5) is 7.64. The van der Waals surface area contributed by atoms with E-state index >= 15 is 0 Å². The molecule has 0 aliphatic rings. The van der Waals surface area contributed by atoms with Crippen LogP contribution < -0.4 is 4.74 Å². The number of aryl methyl sites for hydroxylation is 1. The number of halogens is 3. The summed E-state index contributed by atoms with van der Waals surface area (Å²) < 4.78 is 32.1. The molecule has 0 amide bonds. The van der Waals surface area contributed by atoms with Crippen molar-refractivity contribution < 1.29 is 13.5 Å². The van der Waals surface area contributed by atoms with Crippen LogP contribution in [-0.4, -0.2) is 9.97 Å². The van der Waals surface area contributed by atoms with Crippen LogP contribution in [0.5, 0.6) is 11.8 Å². The molecule has 0 N–H and O–H groups in total. The van der Waals surface area contributed by atoms with Gasteiger partial charge in [-0.3, -0.25) is 0 Å². The standard InChI is InChI=1S/C12H6BrF2N3O/c1-6-2-8(5-16)18-12(17-6)19-10-4-7(13)3-9(14)11(10)15/h2-4H,1H3. The number of rotatable bonds is 2. The molecular formula is C12H6BrF2N3O. The number of hydrogen-bond donors (Lipinski definition) is 0. The zero-order valence-corrected chi connectivity index (χ0v) is 11.2. The van der Waals surface area contributed by atoms with Crippen molar-refractivity contribution >= 4 is 15.9 Å². The van der Waals surface area contributed by atoms with Crippen molar-refractivity contribution in [3.63, 3.8) is 0 Å². The number of benzene rings is 1. The summed E-state index contributed by atoms with van der Waals surface area (Å²) >= 11 is 3.02. The molecule has 0 bridgehead atoms. The van der Waals surface area contributed by atoms with Crippen LogP contribution in [0.15, 0.2) is 22.7 Å². The van der Waals surface area contributed by atoms with Gasteiger partial charge in [-0.05, 0) is 25.1 Å². The molecule has 0 saturated heterocycles. The summed E-state index contributed by atoms with van der Waals surface area (Å²) in [5.41, 5.74) is 0.566. The summed E-state index contributed by atoms with van der Waals surface area (Å²) in [6.07, 6.45) is 0. The zero-order chi connectivity index (χ0) is 14.0. The van der Waals surface area contributed by atoms with Crippen molar-refractivity contribution in [2.24, 2.45) is 0 Å². The van der Waals surface area contributed by atoms with Gasteiger partial charge in [-0.2, -0.15) is 14.6 Å². The first-order valence-corrected chi connectivity index (χ1v) is 5.87. The molecule has 4 nitrogen and oxygen atoms in total. The van der Waals surface area contributed by atoms with Gasteiger partial charge in [0.2, 0.25) is 5.82 Å². The molecule has 96 valence electrons. The van der Waals surface area contributed by atoms with Crippen molar-refractivity contribution in [3.8, 4) is 17.8 Å². The SMILES string of the molecule is Cc1cc(C#N)nc(Oc2cc(Br)cc(F)c2F)n1. The first kappa shape index (κ1) is 13.4. The Bertz CT molecular complexity index is 685. The number of hydrogen-bond acceptors (Lipinski definition) is 4. The Labute approximate surface area is 115 Å². The Hall–Kier alpha value is -2.07. The Morgan fingerprint density at radius 2 is 2.00 bits per heavy atom. The van der Waals surface area contributed by atoms with Crippen LogP contribution in [0.2, 0.25) is 0 Å². The molecule has 2 rings (SSSR count). The van der Waals surface area contributed by atoms with Crippen LogP contribution in [0, 0.1) is 29.9 Å². The largest absolute Gasteiger partial charge is 0.421 e. The lowest BCUT2D eigenvalue weighted by atomic mass is 10.3. The molecule has 7 heteroatoms. The first-order chi connectivity index (χ1) is 8.99. The molecule has 0 aliphatic heterocycles. The van der Waals surface area contributed by atoms with Crippen LogP contribution in [0.25, 0.3) is 0 Å². The predicted octanol–water partition coefficient (Wildman–Crippen LogP) is 3.49. The average molecular weight is 326 g/mol. The van der Waals surface area contributed by atoms with Gasteiger partial charge in [-0.15, -0.1) is 0 Å². The molecule has 0 saturated carbocycles. The number of ether oxygens (including phenoxy) is 1. The lowest BCUT2D eigenvalue weighted by Crippen LogP contribution is -1.99. The Balaban J connectivity index is 2.42. The van der Waals surface area contributed by atoms with Crippen molar-refractivity contribution in [3.05, 3.63) is 45.7 Å². The third kappa shape index (κ3) is 3.03. The Morgan fingerprint density at radius 3 is 2.68 bits per heavy atom. The zero-order valence-electron chi connectivity index (χ0n) is 9.62. The third-order valence-corrected chi connectivity index (χ3v) is 2.57. The minimum atomic E-state index is -1.15. The fourth-order valence-electron chi connectivity index (χ4n) is 1.35. The second kappa shape index (κ2) is 5.28. The number of nitriles is 1. The highest BCUT2D eigenvalue weighted by Crippen LogP contribution is 2.28. The van der Waals surface area contributed by atoms with E-state index in [1.165, 1.54) is 12.1 Å². The van der Waals surface area contributed by atoms with E-state index in [9.17, 15) is 8.78 Å². The molecule has 19 heavy (non-hydrogen) atoms. The summed E-state index contributed by atoms with van der Waals surface area (Å²) in [5, 5.41) is 8.76. The van der Waals surface area contributed by atoms with E-state index in [1.54, 1.807) is 6.92 Å². The molecule has 1 heterocycles. The third-order valence-electron chi connectivity index (χ3n) is 2.11. The molecule has 0 radical (unpaired) electrons. The van der Waals surface area contributed by atoms with Crippen LogP contribution in [0.1, 0.15) is 11.4 Å². The Morgan fingerprint density at radius 1 is 1.26 bits per heavy atom. The highest BCUT2D eigenvalue weighted by atomic mass is 79.9. The van der Waals surface area contributed by atoms with Crippen LogP contribution in [0.3, 0.4) is 0 Å². The van der Waals surface area contributed by atoms with E-state index < -0.39 is 11.6 Å². The van der Waals surface area contributed by atoms with Gasteiger partial charge in [0.05, 0.1) is 0 Å². The lowest BCUT2D eigenvalue weighted by molar-refractivity contribution is 0.391. The van der Waals surface area contributed by atoms with Gasteiger partial charge < -0.3 is 4.74 Å². The summed E-state index contributed by atoms with van der Waals surface area (Å²) in [5.74, 6) is -2.56. The topological polar surface area (TPSA) is 58.8 Å². The highest BCUT2D eigenvalue weighted by Gasteiger charge is 2.14. The minimum absolute atomic E-state index is 0.0818. The maximum Gasteiger partial charge on any atom is 0.323 e. The fourth-order valence-corrected chi connectivity index (χ4v) is 1.76. The number of aromatic nitrogens is 2. The van der Waals surface area contributed by atoms with Gasteiger partial charge in [-0.25, -0.2) is 9.37 Å². The monoisotopic (exact) mass is 325 g/mol. The molecule has 1 aromatic carbocycles. The van der Waals surface area contributed by atoms with Crippen LogP contribution in [0.4, 0.5) is 8.78 Å². The quantitative estimate of drug-likeness (QED) is 0.793. The molecule has 0 fully saturated rings.